The number of esters is 1. The minimum atomic E-state index is -0.525. The zero-order valence-corrected chi connectivity index (χ0v) is 20.0. The predicted molar refractivity (Wildman–Crippen MR) is 125 cm³/mol. The Labute approximate surface area is 197 Å². The SMILES string of the molecule is O=C1OC(c2ccco2)=N/C1=C\c1cc(Br)c(OCc2ccc(I)cc2)c(Br)c1. The fourth-order valence-corrected chi connectivity index (χ4v) is 4.42. The average molecular weight is 629 g/mol. The Balaban J connectivity index is 1.54. The number of hydrogen-bond acceptors (Lipinski definition) is 5. The third-order valence-corrected chi connectivity index (χ3v) is 5.87. The quantitative estimate of drug-likeness (QED) is 0.188. The highest BCUT2D eigenvalue weighted by Gasteiger charge is 2.26. The van der Waals surface area contributed by atoms with Crippen LogP contribution in [0.15, 0.2) is 78.8 Å². The van der Waals surface area contributed by atoms with Gasteiger partial charge in [-0.15, -0.1) is 0 Å². The van der Waals surface area contributed by atoms with E-state index in [2.05, 4.69) is 59.4 Å². The van der Waals surface area contributed by atoms with Crippen LogP contribution in [-0.4, -0.2) is 11.9 Å². The lowest BCUT2D eigenvalue weighted by atomic mass is 10.2. The molecule has 2 heterocycles. The van der Waals surface area contributed by atoms with Gasteiger partial charge >= 0.3 is 5.97 Å². The number of ether oxygens (including phenoxy) is 2. The van der Waals surface area contributed by atoms with Crippen LogP contribution in [0.4, 0.5) is 0 Å². The van der Waals surface area contributed by atoms with Crippen LogP contribution in [0.1, 0.15) is 16.9 Å². The molecule has 1 aliphatic heterocycles. The van der Waals surface area contributed by atoms with Gasteiger partial charge in [0, 0.05) is 3.57 Å². The van der Waals surface area contributed by atoms with Crippen molar-refractivity contribution in [1.82, 2.24) is 0 Å². The Kier molecular flexibility index (Phi) is 6.21. The van der Waals surface area contributed by atoms with Gasteiger partial charge in [0.15, 0.2) is 11.5 Å². The third-order valence-electron chi connectivity index (χ3n) is 3.97. The van der Waals surface area contributed by atoms with Gasteiger partial charge in [0.25, 0.3) is 5.90 Å². The van der Waals surface area contributed by atoms with Crippen LogP contribution in [0.5, 0.6) is 5.75 Å². The lowest BCUT2D eigenvalue weighted by molar-refractivity contribution is -0.130. The minimum absolute atomic E-state index is 0.154. The number of carbonyl (C=O) groups excluding carboxylic acids is 1. The van der Waals surface area contributed by atoms with Crippen molar-refractivity contribution in [3.05, 3.63) is 89.9 Å². The second kappa shape index (κ2) is 8.85. The molecule has 1 aliphatic rings. The second-order valence-corrected chi connectivity index (χ2v) is 9.00. The maximum Gasteiger partial charge on any atom is 0.363 e. The van der Waals surface area contributed by atoms with Gasteiger partial charge in [-0.3, -0.25) is 0 Å². The Morgan fingerprint density at radius 3 is 2.48 bits per heavy atom. The number of rotatable bonds is 5. The van der Waals surface area contributed by atoms with E-state index in [-0.39, 0.29) is 11.6 Å². The Bertz CT molecular complexity index is 1100. The van der Waals surface area contributed by atoms with E-state index in [1.807, 2.05) is 36.4 Å². The molecule has 1 aromatic heterocycles. The highest BCUT2D eigenvalue weighted by atomic mass is 127. The highest BCUT2D eigenvalue weighted by molar-refractivity contribution is 14.1. The number of cyclic esters (lactones) is 1. The van der Waals surface area contributed by atoms with Gasteiger partial charge in [0.05, 0.1) is 15.2 Å². The molecule has 5 nitrogen and oxygen atoms in total. The smallest absolute Gasteiger partial charge is 0.363 e. The summed E-state index contributed by atoms with van der Waals surface area (Å²) in [5, 5.41) is 0. The summed E-state index contributed by atoms with van der Waals surface area (Å²) in [6.07, 6.45) is 3.15. The Hall–Kier alpha value is -1.91. The molecule has 8 heteroatoms. The highest BCUT2D eigenvalue weighted by Crippen LogP contribution is 2.36. The number of halogens is 3. The van der Waals surface area contributed by atoms with E-state index < -0.39 is 5.97 Å². The predicted octanol–water partition coefficient (Wildman–Crippen LogP) is 6.33. The number of benzene rings is 2. The molecule has 146 valence electrons. The first-order valence-electron chi connectivity index (χ1n) is 8.42. The normalized spacial score (nSPS) is 14.8. The summed E-state index contributed by atoms with van der Waals surface area (Å²) in [5.74, 6) is 0.715. The summed E-state index contributed by atoms with van der Waals surface area (Å²) in [6.45, 7) is 0.442. The summed E-state index contributed by atoms with van der Waals surface area (Å²) in [5.41, 5.74) is 2.04. The van der Waals surface area contributed by atoms with Gasteiger partial charge in [0.1, 0.15) is 12.4 Å². The van der Waals surface area contributed by atoms with Crippen molar-refractivity contribution < 1.29 is 18.7 Å². The van der Waals surface area contributed by atoms with Crippen molar-refractivity contribution in [2.24, 2.45) is 4.99 Å². The van der Waals surface area contributed by atoms with E-state index >= 15 is 0 Å². The van der Waals surface area contributed by atoms with Gasteiger partial charge < -0.3 is 13.9 Å². The Morgan fingerprint density at radius 1 is 1.10 bits per heavy atom. The lowest BCUT2D eigenvalue weighted by Gasteiger charge is -2.11. The number of carbonyl (C=O) groups is 1. The molecule has 0 saturated heterocycles. The number of aliphatic imine (C=N–C) groups is 1. The topological polar surface area (TPSA) is 61.0 Å². The van der Waals surface area contributed by atoms with Crippen LogP contribution in [0, 0.1) is 3.57 Å². The number of nitrogens with zero attached hydrogens (tertiary/aromatic N) is 1. The lowest BCUT2D eigenvalue weighted by Crippen LogP contribution is -2.04. The maximum atomic E-state index is 12.1. The van der Waals surface area contributed by atoms with Crippen LogP contribution in [0.2, 0.25) is 0 Å². The van der Waals surface area contributed by atoms with Gasteiger partial charge in [0.2, 0.25) is 0 Å². The van der Waals surface area contributed by atoms with E-state index in [4.69, 9.17) is 13.9 Å². The van der Waals surface area contributed by atoms with E-state index in [1.165, 1.54) is 9.83 Å². The van der Waals surface area contributed by atoms with Gasteiger partial charge in [-0.25, -0.2) is 9.79 Å². The van der Waals surface area contributed by atoms with Gasteiger partial charge in [-0.2, -0.15) is 0 Å². The zero-order chi connectivity index (χ0) is 20.4. The van der Waals surface area contributed by atoms with Crippen LogP contribution in [0.3, 0.4) is 0 Å². The molecule has 0 aliphatic carbocycles. The van der Waals surface area contributed by atoms with Crippen LogP contribution in [-0.2, 0) is 16.1 Å². The molecule has 0 N–H and O–H groups in total. The molecule has 0 saturated carbocycles. The standard InChI is InChI=1S/C21H12Br2INO4/c22-15-8-13(10-17-21(26)29-20(25-17)18-2-1-7-27-18)9-16(23)19(15)28-11-12-3-5-14(24)6-4-12/h1-10H,11H2/b17-10-. The summed E-state index contributed by atoms with van der Waals surface area (Å²) in [7, 11) is 0. The molecule has 0 fully saturated rings. The first-order chi connectivity index (χ1) is 14.0. The first kappa shape index (κ1) is 20.4. The van der Waals surface area contributed by atoms with E-state index in [0.717, 1.165) is 20.1 Å². The van der Waals surface area contributed by atoms with Crippen LogP contribution >= 0.6 is 54.5 Å². The third kappa shape index (κ3) is 4.81. The van der Waals surface area contributed by atoms with E-state index in [9.17, 15) is 4.79 Å². The van der Waals surface area contributed by atoms with Crippen molar-refractivity contribution >= 4 is 72.4 Å². The van der Waals surface area contributed by atoms with E-state index in [0.29, 0.717) is 18.1 Å². The molecule has 0 atom stereocenters. The van der Waals surface area contributed by atoms with Gasteiger partial charge in [-0.05, 0) is 108 Å². The molecule has 0 amide bonds. The zero-order valence-electron chi connectivity index (χ0n) is 14.7. The fourth-order valence-electron chi connectivity index (χ4n) is 2.61. The molecular formula is C21H12Br2INO4. The molecule has 0 radical (unpaired) electrons. The largest absolute Gasteiger partial charge is 0.487 e. The van der Waals surface area contributed by atoms with Crippen molar-refractivity contribution in [3.8, 4) is 5.75 Å². The number of hydrogen-bond donors (Lipinski definition) is 0. The molecule has 0 spiro atoms. The summed E-state index contributed by atoms with van der Waals surface area (Å²) in [4.78, 5) is 16.3. The maximum absolute atomic E-state index is 12.1. The minimum Gasteiger partial charge on any atom is -0.487 e. The summed E-state index contributed by atoms with van der Waals surface area (Å²) < 4.78 is 19.0. The molecule has 0 bridgehead atoms. The Morgan fingerprint density at radius 2 is 1.83 bits per heavy atom. The van der Waals surface area contributed by atoms with Crippen molar-refractivity contribution in [2.45, 2.75) is 6.61 Å². The average Bonchev–Trinajstić information content (AvgIpc) is 3.33. The number of furan rings is 1. The van der Waals surface area contributed by atoms with E-state index in [1.54, 1.807) is 18.2 Å². The molecule has 3 aromatic rings. The van der Waals surface area contributed by atoms with Gasteiger partial charge in [-0.1, -0.05) is 12.1 Å². The molecule has 4 rings (SSSR count). The fraction of sp³-hybridized carbons (Fsp3) is 0.0476. The van der Waals surface area contributed by atoms with Crippen molar-refractivity contribution in [1.29, 1.82) is 0 Å². The van der Waals surface area contributed by atoms with Crippen molar-refractivity contribution in [3.63, 3.8) is 0 Å². The summed E-state index contributed by atoms with van der Waals surface area (Å²) >= 11 is 9.34. The first-order valence-corrected chi connectivity index (χ1v) is 11.1. The molecule has 2 aromatic carbocycles. The molecule has 29 heavy (non-hydrogen) atoms. The van der Waals surface area contributed by atoms with Crippen molar-refractivity contribution in [2.75, 3.05) is 0 Å². The van der Waals surface area contributed by atoms with Crippen LogP contribution < -0.4 is 4.74 Å². The summed E-state index contributed by atoms with van der Waals surface area (Å²) in [6, 6.07) is 15.2. The monoisotopic (exact) mass is 627 g/mol. The molecule has 0 unspecified atom stereocenters. The molecular weight excluding hydrogens is 617 g/mol. The van der Waals surface area contributed by atoms with Crippen LogP contribution in [0.25, 0.3) is 6.08 Å². The second-order valence-electron chi connectivity index (χ2n) is 6.04.